The van der Waals surface area contributed by atoms with Crippen LogP contribution in [0.15, 0.2) is 54.6 Å². The van der Waals surface area contributed by atoms with Crippen LogP contribution in [-0.4, -0.2) is 37.6 Å². The second kappa shape index (κ2) is 8.63. The van der Waals surface area contributed by atoms with Crippen molar-refractivity contribution < 1.29 is 14.3 Å². The molecule has 3 rings (SSSR count). The summed E-state index contributed by atoms with van der Waals surface area (Å²) in [6.45, 7) is 3.78. The fraction of sp³-hybridized carbons (Fsp3) is 0.333. The number of nitrogens with one attached hydrogen (secondary N) is 1. The quantitative estimate of drug-likeness (QED) is 0.780. The summed E-state index contributed by atoms with van der Waals surface area (Å²) in [5.74, 6) is -0.271. The lowest BCUT2D eigenvalue weighted by atomic mass is 10.1. The fourth-order valence-electron chi connectivity index (χ4n) is 3.21. The monoisotopic (exact) mass is 352 g/mol. The summed E-state index contributed by atoms with van der Waals surface area (Å²) < 4.78 is 5.29. The predicted molar refractivity (Wildman–Crippen MR) is 101 cm³/mol. The highest BCUT2D eigenvalue weighted by Crippen LogP contribution is 2.33. The zero-order valence-corrected chi connectivity index (χ0v) is 15.0. The van der Waals surface area contributed by atoms with Crippen molar-refractivity contribution in [1.29, 1.82) is 0 Å². The van der Waals surface area contributed by atoms with Gasteiger partial charge in [0.25, 0.3) is 5.91 Å². The first kappa shape index (κ1) is 18.1. The number of carbonyl (C=O) groups is 2. The van der Waals surface area contributed by atoms with Crippen LogP contribution in [-0.2, 0) is 16.0 Å². The Balaban J connectivity index is 1.76. The predicted octanol–water partition coefficient (Wildman–Crippen LogP) is 2.80. The number of para-hydroxylation sites is 1. The third-order valence-electron chi connectivity index (χ3n) is 4.49. The van der Waals surface area contributed by atoms with Crippen LogP contribution >= 0.6 is 0 Å². The minimum atomic E-state index is -0.521. The van der Waals surface area contributed by atoms with Gasteiger partial charge in [-0.1, -0.05) is 36.4 Å². The van der Waals surface area contributed by atoms with E-state index < -0.39 is 6.04 Å². The van der Waals surface area contributed by atoms with Gasteiger partial charge in [0.15, 0.2) is 0 Å². The Kier molecular flexibility index (Phi) is 6.02. The summed E-state index contributed by atoms with van der Waals surface area (Å²) in [6, 6.07) is 16.3. The fourth-order valence-corrected chi connectivity index (χ4v) is 3.21. The number of fused-ring (bicyclic) bond motifs is 1. The summed E-state index contributed by atoms with van der Waals surface area (Å²) in [6.07, 6.45) is 1.29. The van der Waals surface area contributed by atoms with Crippen LogP contribution < -0.4 is 10.2 Å². The third-order valence-corrected chi connectivity index (χ3v) is 4.49. The number of hydrogen-bond donors (Lipinski definition) is 1. The second-order valence-electron chi connectivity index (χ2n) is 6.23. The number of amides is 2. The van der Waals surface area contributed by atoms with E-state index in [0.717, 1.165) is 17.7 Å². The number of carbonyl (C=O) groups excluding carboxylic acids is 2. The Hall–Kier alpha value is -2.66. The minimum Gasteiger partial charge on any atom is -0.382 e. The molecule has 1 heterocycles. The van der Waals surface area contributed by atoms with Crippen LogP contribution in [0.2, 0.25) is 0 Å². The lowest BCUT2D eigenvalue weighted by Gasteiger charge is -2.25. The highest BCUT2D eigenvalue weighted by atomic mass is 16.5. The highest BCUT2D eigenvalue weighted by molar-refractivity contribution is 6.11. The zero-order valence-electron chi connectivity index (χ0n) is 15.0. The normalized spacial score (nSPS) is 15.6. The molecular formula is C21H24N2O3. The molecule has 0 saturated carbocycles. The van der Waals surface area contributed by atoms with Crippen molar-refractivity contribution in [3.05, 3.63) is 65.7 Å². The molecule has 0 aliphatic carbocycles. The van der Waals surface area contributed by atoms with Gasteiger partial charge in [-0.15, -0.1) is 0 Å². The maximum absolute atomic E-state index is 13.1. The minimum absolute atomic E-state index is 0.123. The molecule has 136 valence electrons. The van der Waals surface area contributed by atoms with E-state index in [9.17, 15) is 9.59 Å². The van der Waals surface area contributed by atoms with Gasteiger partial charge in [-0.3, -0.25) is 14.5 Å². The van der Waals surface area contributed by atoms with Crippen LogP contribution in [0.1, 0.15) is 29.3 Å². The van der Waals surface area contributed by atoms with Gasteiger partial charge >= 0.3 is 0 Å². The summed E-state index contributed by atoms with van der Waals surface area (Å²) in [4.78, 5) is 27.4. The van der Waals surface area contributed by atoms with E-state index in [1.54, 1.807) is 17.0 Å². The van der Waals surface area contributed by atoms with Crippen LogP contribution in [0.4, 0.5) is 5.69 Å². The maximum Gasteiger partial charge on any atom is 0.259 e. The Labute approximate surface area is 154 Å². The zero-order chi connectivity index (χ0) is 18.4. The van der Waals surface area contributed by atoms with Crippen LogP contribution in [0, 0.1) is 0 Å². The molecule has 0 saturated heterocycles. The van der Waals surface area contributed by atoms with E-state index in [1.165, 1.54) is 0 Å². The third kappa shape index (κ3) is 3.94. The van der Waals surface area contributed by atoms with E-state index in [0.29, 0.717) is 31.7 Å². The topological polar surface area (TPSA) is 58.6 Å². The first-order valence-electron chi connectivity index (χ1n) is 9.04. The van der Waals surface area contributed by atoms with E-state index in [4.69, 9.17) is 4.74 Å². The van der Waals surface area contributed by atoms with Gasteiger partial charge in [-0.2, -0.15) is 0 Å². The average molecular weight is 352 g/mol. The van der Waals surface area contributed by atoms with Gasteiger partial charge in [0.1, 0.15) is 6.04 Å². The molecule has 0 unspecified atom stereocenters. The second-order valence-corrected chi connectivity index (χ2v) is 6.23. The summed E-state index contributed by atoms with van der Waals surface area (Å²) >= 11 is 0. The van der Waals surface area contributed by atoms with Crippen molar-refractivity contribution in [2.75, 3.05) is 24.7 Å². The molecule has 1 aliphatic rings. The Morgan fingerprint density at radius 3 is 2.62 bits per heavy atom. The van der Waals surface area contributed by atoms with Gasteiger partial charge in [0.2, 0.25) is 5.91 Å². The molecule has 0 radical (unpaired) electrons. The molecule has 1 aliphatic heterocycles. The van der Waals surface area contributed by atoms with Gasteiger partial charge in [0.05, 0.1) is 0 Å². The number of hydrogen-bond acceptors (Lipinski definition) is 3. The van der Waals surface area contributed by atoms with Crippen LogP contribution in [0.3, 0.4) is 0 Å². The smallest absolute Gasteiger partial charge is 0.259 e. The van der Waals surface area contributed by atoms with Crippen molar-refractivity contribution in [3.63, 3.8) is 0 Å². The first-order chi connectivity index (χ1) is 12.7. The van der Waals surface area contributed by atoms with Gasteiger partial charge in [-0.05, 0) is 37.1 Å². The molecule has 2 aromatic rings. The van der Waals surface area contributed by atoms with Gasteiger partial charge < -0.3 is 10.1 Å². The Morgan fingerprint density at radius 2 is 1.85 bits per heavy atom. The SMILES string of the molecule is CCOCCCNC(=O)[C@@H]1Cc2ccccc2N1C(=O)c1ccccc1. The Bertz CT molecular complexity index is 761. The van der Waals surface area contributed by atoms with E-state index in [-0.39, 0.29) is 11.8 Å². The van der Waals surface area contributed by atoms with Crippen molar-refractivity contribution in [3.8, 4) is 0 Å². The van der Waals surface area contributed by atoms with Crippen molar-refractivity contribution >= 4 is 17.5 Å². The molecule has 0 bridgehead atoms. The number of rotatable bonds is 7. The standard InChI is InChI=1S/C21H24N2O3/c1-2-26-14-8-13-22-20(24)19-15-17-11-6-7-12-18(17)23(19)21(25)16-9-4-3-5-10-16/h3-7,9-12,19H,2,8,13-15H2,1H3,(H,22,24)/t19-/m0/s1. The first-order valence-corrected chi connectivity index (χ1v) is 9.04. The Morgan fingerprint density at radius 1 is 1.12 bits per heavy atom. The summed E-state index contributed by atoms with van der Waals surface area (Å²) in [5, 5.41) is 2.94. The molecule has 0 aromatic heterocycles. The largest absolute Gasteiger partial charge is 0.382 e. The highest BCUT2D eigenvalue weighted by Gasteiger charge is 2.38. The molecule has 1 N–H and O–H groups in total. The van der Waals surface area contributed by atoms with E-state index in [1.807, 2.05) is 49.4 Å². The summed E-state index contributed by atoms with van der Waals surface area (Å²) in [5.41, 5.74) is 2.42. The molecule has 5 nitrogen and oxygen atoms in total. The van der Waals surface area contributed by atoms with Gasteiger partial charge in [0, 0.05) is 37.4 Å². The van der Waals surface area contributed by atoms with Crippen molar-refractivity contribution in [2.24, 2.45) is 0 Å². The average Bonchev–Trinajstić information content (AvgIpc) is 3.07. The molecule has 2 amide bonds. The lowest BCUT2D eigenvalue weighted by molar-refractivity contribution is -0.122. The molecule has 26 heavy (non-hydrogen) atoms. The number of ether oxygens (including phenoxy) is 1. The van der Waals surface area contributed by atoms with Crippen LogP contribution in [0.25, 0.3) is 0 Å². The van der Waals surface area contributed by atoms with Crippen molar-refractivity contribution in [2.45, 2.75) is 25.8 Å². The van der Waals surface area contributed by atoms with Crippen molar-refractivity contribution in [1.82, 2.24) is 5.32 Å². The van der Waals surface area contributed by atoms with E-state index >= 15 is 0 Å². The molecule has 5 heteroatoms. The lowest BCUT2D eigenvalue weighted by Crippen LogP contribution is -2.48. The molecule has 1 atom stereocenters. The molecule has 0 spiro atoms. The van der Waals surface area contributed by atoms with Gasteiger partial charge in [-0.25, -0.2) is 0 Å². The maximum atomic E-state index is 13.1. The summed E-state index contributed by atoms with van der Waals surface area (Å²) in [7, 11) is 0. The molecular weight excluding hydrogens is 328 g/mol. The molecule has 0 fully saturated rings. The molecule has 2 aromatic carbocycles. The van der Waals surface area contributed by atoms with Crippen LogP contribution in [0.5, 0.6) is 0 Å². The number of benzene rings is 2. The van der Waals surface area contributed by atoms with E-state index in [2.05, 4.69) is 5.32 Å². The number of nitrogens with zero attached hydrogens (tertiary/aromatic N) is 1. The number of anilines is 1.